The third kappa shape index (κ3) is 3.51. The van der Waals surface area contributed by atoms with Gasteiger partial charge < -0.3 is 10.5 Å². The molecule has 0 unspecified atom stereocenters. The Kier molecular flexibility index (Phi) is 3.99. The first kappa shape index (κ1) is 14.4. The van der Waals surface area contributed by atoms with Gasteiger partial charge in [0, 0.05) is 5.56 Å². The summed E-state index contributed by atoms with van der Waals surface area (Å²) >= 11 is 1.60. The van der Waals surface area contributed by atoms with E-state index in [1.54, 1.807) is 17.4 Å². The number of rotatable bonds is 2. The summed E-state index contributed by atoms with van der Waals surface area (Å²) in [6, 6.07) is 7.54. The standard InChI is InChI=1S/C15H18N2O2S/c1-15(2,3)19-14(18)17-12-6-4-5-11(13(12)16)10-7-8-20-9-10/h4-9H,16H2,1-3H3,(H,17,18). The molecule has 1 heterocycles. The predicted molar refractivity (Wildman–Crippen MR) is 84.0 cm³/mol. The van der Waals surface area contributed by atoms with Crippen LogP contribution in [0.3, 0.4) is 0 Å². The summed E-state index contributed by atoms with van der Waals surface area (Å²) < 4.78 is 5.22. The summed E-state index contributed by atoms with van der Waals surface area (Å²) in [6.07, 6.45) is -0.508. The van der Waals surface area contributed by atoms with Crippen molar-refractivity contribution in [2.75, 3.05) is 11.1 Å². The minimum atomic E-state index is -0.538. The molecule has 106 valence electrons. The molecule has 0 fully saturated rings. The summed E-state index contributed by atoms with van der Waals surface area (Å²) in [4.78, 5) is 11.8. The van der Waals surface area contributed by atoms with Crippen LogP contribution in [0.25, 0.3) is 11.1 Å². The molecule has 20 heavy (non-hydrogen) atoms. The Morgan fingerprint density at radius 3 is 2.65 bits per heavy atom. The Balaban J connectivity index is 2.22. The fourth-order valence-corrected chi connectivity index (χ4v) is 2.41. The van der Waals surface area contributed by atoms with E-state index in [1.165, 1.54) is 0 Å². The highest BCUT2D eigenvalue weighted by atomic mass is 32.1. The van der Waals surface area contributed by atoms with E-state index in [4.69, 9.17) is 10.5 Å². The van der Waals surface area contributed by atoms with E-state index in [-0.39, 0.29) is 0 Å². The first-order chi connectivity index (χ1) is 9.37. The summed E-state index contributed by atoms with van der Waals surface area (Å²) in [6.45, 7) is 5.45. The lowest BCUT2D eigenvalue weighted by atomic mass is 10.1. The quantitative estimate of drug-likeness (QED) is 0.808. The lowest BCUT2D eigenvalue weighted by Crippen LogP contribution is -2.27. The van der Waals surface area contributed by atoms with E-state index >= 15 is 0 Å². The molecule has 0 bridgehead atoms. The number of nitrogen functional groups attached to an aromatic ring is 1. The van der Waals surface area contributed by atoms with Gasteiger partial charge in [0.15, 0.2) is 0 Å². The highest BCUT2D eigenvalue weighted by Gasteiger charge is 2.17. The second kappa shape index (κ2) is 5.54. The minimum absolute atomic E-state index is 0.508. The van der Waals surface area contributed by atoms with Gasteiger partial charge >= 0.3 is 6.09 Å². The number of hydrogen-bond acceptors (Lipinski definition) is 4. The van der Waals surface area contributed by atoms with Crippen LogP contribution in [-0.4, -0.2) is 11.7 Å². The molecule has 5 heteroatoms. The van der Waals surface area contributed by atoms with Crippen LogP contribution in [0.4, 0.5) is 16.2 Å². The molecule has 0 aliphatic heterocycles. The summed E-state index contributed by atoms with van der Waals surface area (Å²) in [5.74, 6) is 0. The van der Waals surface area contributed by atoms with E-state index in [9.17, 15) is 4.79 Å². The molecule has 0 radical (unpaired) electrons. The first-order valence-corrected chi connectivity index (χ1v) is 7.22. The molecule has 0 spiro atoms. The van der Waals surface area contributed by atoms with Crippen LogP contribution >= 0.6 is 11.3 Å². The van der Waals surface area contributed by atoms with E-state index in [0.717, 1.165) is 11.1 Å². The van der Waals surface area contributed by atoms with Crippen LogP contribution in [0.5, 0.6) is 0 Å². The smallest absolute Gasteiger partial charge is 0.412 e. The van der Waals surface area contributed by atoms with Crippen molar-refractivity contribution >= 4 is 28.8 Å². The zero-order valence-corrected chi connectivity index (χ0v) is 12.6. The van der Waals surface area contributed by atoms with Gasteiger partial charge in [-0.3, -0.25) is 5.32 Å². The molecule has 1 aromatic heterocycles. The fraction of sp³-hybridized carbons (Fsp3) is 0.267. The Bertz CT molecular complexity index is 601. The number of thiophene rings is 1. The number of ether oxygens (including phenoxy) is 1. The number of nitrogens with two attached hydrogens (primary N) is 1. The monoisotopic (exact) mass is 290 g/mol. The number of amides is 1. The van der Waals surface area contributed by atoms with E-state index < -0.39 is 11.7 Å². The van der Waals surface area contributed by atoms with Crippen molar-refractivity contribution < 1.29 is 9.53 Å². The number of hydrogen-bond donors (Lipinski definition) is 2. The second-order valence-electron chi connectivity index (χ2n) is 5.41. The molecule has 2 rings (SSSR count). The van der Waals surface area contributed by atoms with Gasteiger partial charge in [-0.15, -0.1) is 0 Å². The normalized spacial score (nSPS) is 11.2. The molecule has 0 aliphatic rings. The van der Waals surface area contributed by atoms with Crippen molar-refractivity contribution in [3.63, 3.8) is 0 Å². The Labute approximate surface area is 122 Å². The molecule has 1 aromatic carbocycles. The maximum Gasteiger partial charge on any atom is 0.412 e. The maximum atomic E-state index is 11.8. The molecular formula is C15H18N2O2S. The maximum absolute atomic E-state index is 11.8. The molecule has 4 nitrogen and oxygen atoms in total. The Hall–Kier alpha value is -2.01. The van der Waals surface area contributed by atoms with Crippen molar-refractivity contribution in [3.8, 4) is 11.1 Å². The van der Waals surface area contributed by atoms with Gasteiger partial charge in [0.2, 0.25) is 0 Å². The summed E-state index contributed by atoms with van der Waals surface area (Å²) in [7, 11) is 0. The van der Waals surface area contributed by atoms with Crippen LogP contribution in [0.2, 0.25) is 0 Å². The highest BCUT2D eigenvalue weighted by Crippen LogP contribution is 2.33. The molecular weight excluding hydrogens is 272 g/mol. The third-order valence-electron chi connectivity index (χ3n) is 2.57. The lowest BCUT2D eigenvalue weighted by molar-refractivity contribution is 0.0636. The molecule has 0 saturated heterocycles. The SMILES string of the molecule is CC(C)(C)OC(=O)Nc1cccc(-c2ccsc2)c1N. The predicted octanol–water partition coefficient (Wildman–Crippen LogP) is 4.34. The summed E-state index contributed by atoms with van der Waals surface area (Å²) in [5, 5.41) is 6.69. The van der Waals surface area contributed by atoms with Gasteiger partial charge in [0.05, 0.1) is 11.4 Å². The fourth-order valence-electron chi connectivity index (χ4n) is 1.76. The van der Waals surface area contributed by atoms with Crippen LogP contribution in [0.1, 0.15) is 20.8 Å². The third-order valence-corrected chi connectivity index (χ3v) is 3.26. The van der Waals surface area contributed by atoms with Crippen LogP contribution < -0.4 is 11.1 Å². The molecule has 0 saturated carbocycles. The van der Waals surface area contributed by atoms with Crippen LogP contribution in [0.15, 0.2) is 35.0 Å². The van der Waals surface area contributed by atoms with Gasteiger partial charge in [0.1, 0.15) is 5.60 Å². The number of para-hydroxylation sites is 1. The number of benzene rings is 1. The highest BCUT2D eigenvalue weighted by molar-refractivity contribution is 7.08. The molecule has 0 atom stereocenters. The zero-order chi connectivity index (χ0) is 14.8. The van der Waals surface area contributed by atoms with Gasteiger partial charge in [-0.2, -0.15) is 11.3 Å². The first-order valence-electron chi connectivity index (χ1n) is 6.28. The molecule has 0 aliphatic carbocycles. The molecule has 2 aromatic rings. The average Bonchev–Trinajstić information content (AvgIpc) is 2.83. The Morgan fingerprint density at radius 1 is 1.30 bits per heavy atom. The lowest BCUT2D eigenvalue weighted by Gasteiger charge is -2.20. The summed E-state index contributed by atoms with van der Waals surface area (Å²) in [5.41, 5.74) is 8.62. The Morgan fingerprint density at radius 2 is 2.05 bits per heavy atom. The van der Waals surface area contributed by atoms with Gasteiger partial charge in [-0.1, -0.05) is 12.1 Å². The number of anilines is 2. The van der Waals surface area contributed by atoms with E-state index in [0.29, 0.717) is 11.4 Å². The van der Waals surface area contributed by atoms with E-state index in [1.807, 2.05) is 49.7 Å². The minimum Gasteiger partial charge on any atom is -0.444 e. The largest absolute Gasteiger partial charge is 0.444 e. The van der Waals surface area contributed by atoms with Gasteiger partial charge in [-0.25, -0.2) is 4.79 Å². The van der Waals surface area contributed by atoms with Crippen LogP contribution in [0, 0.1) is 0 Å². The molecule has 1 amide bonds. The van der Waals surface area contributed by atoms with Crippen molar-refractivity contribution in [1.82, 2.24) is 0 Å². The van der Waals surface area contributed by atoms with Crippen molar-refractivity contribution in [1.29, 1.82) is 0 Å². The number of carbonyl (C=O) groups is 1. The number of nitrogens with one attached hydrogen (secondary N) is 1. The van der Waals surface area contributed by atoms with Gasteiger partial charge in [0.25, 0.3) is 0 Å². The van der Waals surface area contributed by atoms with Crippen molar-refractivity contribution in [2.45, 2.75) is 26.4 Å². The van der Waals surface area contributed by atoms with Gasteiger partial charge in [-0.05, 0) is 49.2 Å². The van der Waals surface area contributed by atoms with Crippen molar-refractivity contribution in [3.05, 3.63) is 35.0 Å². The van der Waals surface area contributed by atoms with Crippen molar-refractivity contribution in [2.24, 2.45) is 0 Å². The topological polar surface area (TPSA) is 64.3 Å². The zero-order valence-electron chi connectivity index (χ0n) is 11.8. The average molecular weight is 290 g/mol. The van der Waals surface area contributed by atoms with E-state index in [2.05, 4.69) is 5.32 Å². The second-order valence-corrected chi connectivity index (χ2v) is 6.19. The number of carbonyl (C=O) groups excluding carboxylic acids is 1. The van der Waals surface area contributed by atoms with Crippen LogP contribution in [-0.2, 0) is 4.74 Å². The molecule has 3 N–H and O–H groups in total.